The van der Waals surface area contributed by atoms with Gasteiger partial charge in [-0.3, -0.25) is 4.90 Å². The molecule has 0 spiro atoms. The Balaban J connectivity index is 2.37. The quantitative estimate of drug-likeness (QED) is 0.730. The maximum absolute atomic E-state index is 5.70. The van der Waals surface area contributed by atoms with Crippen molar-refractivity contribution in [3.05, 3.63) is 35.9 Å². The van der Waals surface area contributed by atoms with Crippen molar-refractivity contribution >= 4 is 0 Å². The molecule has 0 radical (unpaired) electrons. The van der Waals surface area contributed by atoms with Crippen molar-refractivity contribution in [1.82, 2.24) is 4.90 Å². The minimum absolute atomic E-state index is 0.194. The smallest absolute Gasteiger partial charge is 0.0709 e. The van der Waals surface area contributed by atoms with Gasteiger partial charge in [0.2, 0.25) is 0 Å². The molecule has 0 aliphatic carbocycles. The Labute approximate surface area is 111 Å². The van der Waals surface area contributed by atoms with Crippen LogP contribution in [0.2, 0.25) is 0 Å². The average Bonchev–Trinajstić information content (AvgIpc) is 2.43. The first-order chi connectivity index (χ1) is 8.80. The predicted molar refractivity (Wildman–Crippen MR) is 76.5 cm³/mol. The molecule has 3 nitrogen and oxygen atoms in total. The summed E-state index contributed by atoms with van der Waals surface area (Å²) in [4.78, 5) is 2.43. The van der Waals surface area contributed by atoms with Crippen LogP contribution in [0.25, 0.3) is 0 Å². The normalized spacial score (nSPS) is 12.9. The van der Waals surface area contributed by atoms with Crippen molar-refractivity contribution in [1.29, 1.82) is 0 Å². The van der Waals surface area contributed by atoms with Crippen molar-refractivity contribution < 1.29 is 4.74 Å². The number of nitrogens with zero attached hydrogens (tertiary/aromatic N) is 1. The van der Waals surface area contributed by atoms with E-state index in [1.165, 1.54) is 5.56 Å². The summed E-state index contributed by atoms with van der Waals surface area (Å²) in [7, 11) is 0. The van der Waals surface area contributed by atoms with Crippen LogP contribution in [0.1, 0.15) is 25.8 Å². The maximum Gasteiger partial charge on any atom is 0.0709 e. The molecule has 3 heteroatoms. The lowest BCUT2D eigenvalue weighted by atomic mass is 10.2. The van der Waals surface area contributed by atoms with Crippen molar-refractivity contribution in [2.75, 3.05) is 26.2 Å². The molecule has 0 aliphatic rings. The number of rotatable bonds is 9. The van der Waals surface area contributed by atoms with Crippen LogP contribution in [-0.2, 0) is 11.3 Å². The zero-order valence-electron chi connectivity index (χ0n) is 11.6. The maximum atomic E-state index is 5.70. The molecule has 1 aromatic carbocycles. The number of nitrogens with two attached hydrogens (primary N) is 1. The van der Waals surface area contributed by atoms with Crippen LogP contribution in [0.5, 0.6) is 0 Å². The second-order valence-electron chi connectivity index (χ2n) is 4.46. The van der Waals surface area contributed by atoms with Gasteiger partial charge in [-0.2, -0.15) is 0 Å². The second kappa shape index (κ2) is 9.09. The molecule has 102 valence electrons. The molecule has 1 aromatic rings. The minimum Gasteiger partial charge on any atom is -0.377 e. The van der Waals surface area contributed by atoms with E-state index in [9.17, 15) is 0 Å². The van der Waals surface area contributed by atoms with E-state index >= 15 is 0 Å². The van der Waals surface area contributed by atoms with Crippen LogP contribution in [0.15, 0.2) is 30.3 Å². The summed E-state index contributed by atoms with van der Waals surface area (Å²) >= 11 is 0. The van der Waals surface area contributed by atoms with Crippen molar-refractivity contribution in [2.45, 2.75) is 32.9 Å². The second-order valence-corrected chi connectivity index (χ2v) is 4.46. The van der Waals surface area contributed by atoms with Gasteiger partial charge in [-0.1, -0.05) is 37.3 Å². The Hall–Kier alpha value is -0.900. The fourth-order valence-corrected chi connectivity index (χ4v) is 2.02. The monoisotopic (exact) mass is 250 g/mol. The molecular weight excluding hydrogens is 224 g/mol. The Morgan fingerprint density at radius 1 is 1.22 bits per heavy atom. The molecule has 2 N–H and O–H groups in total. The van der Waals surface area contributed by atoms with Gasteiger partial charge in [0.15, 0.2) is 0 Å². The highest BCUT2D eigenvalue weighted by molar-refractivity contribution is 5.14. The third-order valence-electron chi connectivity index (χ3n) is 3.13. The first-order valence-corrected chi connectivity index (χ1v) is 6.88. The van der Waals surface area contributed by atoms with E-state index in [4.69, 9.17) is 10.5 Å². The molecule has 18 heavy (non-hydrogen) atoms. The van der Waals surface area contributed by atoms with Gasteiger partial charge in [0, 0.05) is 26.2 Å². The predicted octanol–water partition coefficient (Wildman–Crippen LogP) is 2.26. The fraction of sp³-hybridized carbons (Fsp3) is 0.600. The molecule has 1 unspecified atom stereocenters. The average molecular weight is 250 g/mol. The first kappa shape index (κ1) is 15.2. The van der Waals surface area contributed by atoms with Gasteiger partial charge < -0.3 is 10.5 Å². The number of benzene rings is 1. The summed E-state index contributed by atoms with van der Waals surface area (Å²) < 4.78 is 5.58. The Bertz CT molecular complexity index is 303. The zero-order chi connectivity index (χ0) is 13.2. The highest BCUT2D eigenvalue weighted by atomic mass is 16.5. The molecule has 0 bridgehead atoms. The fourth-order valence-electron chi connectivity index (χ4n) is 2.02. The zero-order valence-corrected chi connectivity index (χ0v) is 11.6. The third-order valence-corrected chi connectivity index (χ3v) is 3.13. The third kappa shape index (κ3) is 5.63. The lowest BCUT2D eigenvalue weighted by Gasteiger charge is -2.23. The van der Waals surface area contributed by atoms with Crippen molar-refractivity contribution in [2.24, 2.45) is 5.73 Å². The number of ether oxygens (including phenoxy) is 1. The van der Waals surface area contributed by atoms with Gasteiger partial charge >= 0.3 is 0 Å². The van der Waals surface area contributed by atoms with Crippen LogP contribution >= 0.6 is 0 Å². The molecule has 1 rings (SSSR count). The van der Waals surface area contributed by atoms with Crippen molar-refractivity contribution in [3.8, 4) is 0 Å². The van der Waals surface area contributed by atoms with Crippen LogP contribution < -0.4 is 5.73 Å². The van der Waals surface area contributed by atoms with E-state index in [2.05, 4.69) is 42.2 Å². The van der Waals surface area contributed by atoms with E-state index in [-0.39, 0.29) is 6.10 Å². The minimum atomic E-state index is 0.194. The summed E-state index contributed by atoms with van der Waals surface area (Å²) in [5, 5.41) is 0. The number of hydrogen-bond acceptors (Lipinski definition) is 3. The van der Waals surface area contributed by atoms with Crippen molar-refractivity contribution in [3.63, 3.8) is 0 Å². The topological polar surface area (TPSA) is 38.5 Å². The molecule has 1 atom stereocenters. The van der Waals surface area contributed by atoms with Crippen LogP contribution in [0.4, 0.5) is 0 Å². The highest BCUT2D eigenvalue weighted by Gasteiger charge is 2.09. The van der Waals surface area contributed by atoms with E-state index < -0.39 is 0 Å². The standard InChI is InChI=1S/C15H26N2O/c1-3-17(11-10-15(12-16)18-4-2)13-14-8-6-5-7-9-14/h5-9,15H,3-4,10-13,16H2,1-2H3. The molecule has 0 amide bonds. The van der Waals surface area contributed by atoms with Gasteiger partial charge in [0.1, 0.15) is 0 Å². The summed E-state index contributed by atoms with van der Waals surface area (Å²) in [6, 6.07) is 10.6. The largest absolute Gasteiger partial charge is 0.377 e. The lowest BCUT2D eigenvalue weighted by Crippen LogP contribution is -2.31. The van der Waals surface area contributed by atoms with Gasteiger partial charge in [0.05, 0.1) is 6.10 Å². The van der Waals surface area contributed by atoms with Crippen LogP contribution in [0, 0.1) is 0 Å². The molecule has 0 aliphatic heterocycles. The van der Waals surface area contributed by atoms with E-state index in [1.807, 2.05) is 6.92 Å². The Kier molecular flexibility index (Phi) is 7.65. The molecular formula is C15H26N2O. The van der Waals surface area contributed by atoms with E-state index in [0.717, 1.165) is 32.7 Å². The highest BCUT2D eigenvalue weighted by Crippen LogP contribution is 2.06. The van der Waals surface area contributed by atoms with Gasteiger partial charge in [-0.05, 0) is 25.5 Å². The molecule has 0 saturated carbocycles. The van der Waals surface area contributed by atoms with Crippen LogP contribution in [0.3, 0.4) is 0 Å². The van der Waals surface area contributed by atoms with Crippen LogP contribution in [-0.4, -0.2) is 37.2 Å². The summed E-state index contributed by atoms with van der Waals surface area (Å²) in [6.07, 6.45) is 1.20. The van der Waals surface area contributed by atoms with E-state index in [0.29, 0.717) is 6.54 Å². The first-order valence-electron chi connectivity index (χ1n) is 6.88. The lowest BCUT2D eigenvalue weighted by molar-refractivity contribution is 0.0541. The van der Waals surface area contributed by atoms with Gasteiger partial charge in [-0.15, -0.1) is 0 Å². The molecule has 0 fully saturated rings. The summed E-state index contributed by atoms with van der Waals surface area (Å²) in [5.74, 6) is 0. The molecule has 0 saturated heterocycles. The Morgan fingerprint density at radius 2 is 1.94 bits per heavy atom. The molecule has 0 heterocycles. The Morgan fingerprint density at radius 3 is 2.50 bits per heavy atom. The summed E-state index contributed by atoms with van der Waals surface area (Å²) in [6.45, 7) is 8.65. The van der Waals surface area contributed by atoms with Gasteiger partial charge in [0.25, 0.3) is 0 Å². The summed E-state index contributed by atoms with van der Waals surface area (Å²) in [5.41, 5.74) is 7.06. The van der Waals surface area contributed by atoms with E-state index in [1.54, 1.807) is 0 Å². The molecule has 0 aromatic heterocycles. The van der Waals surface area contributed by atoms with Gasteiger partial charge in [-0.25, -0.2) is 0 Å². The SMILES string of the molecule is CCOC(CN)CCN(CC)Cc1ccccc1. The number of hydrogen-bond donors (Lipinski definition) is 1.